The smallest absolute Gasteiger partial charge is 0.272 e. The van der Waals surface area contributed by atoms with Gasteiger partial charge in [0, 0.05) is 18.6 Å². The fraction of sp³-hybridized carbons (Fsp3) is 0.267. The van der Waals surface area contributed by atoms with E-state index >= 15 is 0 Å². The van der Waals surface area contributed by atoms with Gasteiger partial charge in [0.15, 0.2) is 11.5 Å². The summed E-state index contributed by atoms with van der Waals surface area (Å²) >= 11 is 3.21. The van der Waals surface area contributed by atoms with E-state index in [0.29, 0.717) is 4.47 Å². The van der Waals surface area contributed by atoms with Crippen molar-refractivity contribution in [2.24, 2.45) is 0 Å². The Kier molecular flexibility index (Phi) is 4.74. The SMILES string of the molecule is CCOc1c(Nc2ccc(Br)c(C(=O)N(C)C)c2O)c(=O)c1=O. The Balaban J connectivity index is 2.45. The number of ether oxygens (including phenoxy) is 1. The van der Waals surface area contributed by atoms with Gasteiger partial charge in [-0.05, 0) is 35.0 Å². The Labute approximate surface area is 140 Å². The topological polar surface area (TPSA) is 95.9 Å². The van der Waals surface area contributed by atoms with Gasteiger partial charge in [-0.3, -0.25) is 14.4 Å². The molecule has 0 aliphatic heterocycles. The van der Waals surface area contributed by atoms with Crippen molar-refractivity contribution < 1.29 is 14.6 Å². The van der Waals surface area contributed by atoms with Crippen molar-refractivity contribution in [3.8, 4) is 11.5 Å². The first-order chi connectivity index (χ1) is 10.8. The molecule has 0 saturated heterocycles. The van der Waals surface area contributed by atoms with Crippen molar-refractivity contribution >= 4 is 33.2 Å². The van der Waals surface area contributed by atoms with Gasteiger partial charge in [-0.1, -0.05) is 0 Å². The van der Waals surface area contributed by atoms with E-state index in [4.69, 9.17) is 4.74 Å². The summed E-state index contributed by atoms with van der Waals surface area (Å²) in [6.45, 7) is 1.92. The number of nitrogens with one attached hydrogen (secondary N) is 1. The van der Waals surface area contributed by atoms with Crippen LogP contribution in [0.15, 0.2) is 26.2 Å². The van der Waals surface area contributed by atoms with Crippen molar-refractivity contribution in [2.45, 2.75) is 6.92 Å². The van der Waals surface area contributed by atoms with Gasteiger partial charge < -0.3 is 20.1 Å². The summed E-state index contributed by atoms with van der Waals surface area (Å²) in [4.78, 5) is 36.5. The molecular formula is C15H15BrN2O5. The molecule has 2 aromatic rings. The summed E-state index contributed by atoms with van der Waals surface area (Å²) in [5.74, 6) is -0.804. The second-order valence-corrected chi connectivity index (χ2v) is 5.79. The Hall–Kier alpha value is -2.35. The van der Waals surface area contributed by atoms with Crippen LogP contribution >= 0.6 is 15.9 Å². The van der Waals surface area contributed by atoms with E-state index in [1.54, 1.807) is 27.1 Å². The van der Waals surface area contributed by atoms with Crippen LogP contribution in [0.2, 0.25) is 0 Å². The highest BCUT2D eigenvalue weighted by atomic mass is 79.9. The highest BCUT2D eigenvalue weighted by molar-refractivity contribution is 9.10. The molecule has 0 unspecified atom stereocenters. The van der Waals surface area contributed by atoms with E-state index in [2.05, 4.69) is 21.2 Å². The molecule has 0 aliphatic carbocycles. The minimum Gasteiger partial charge on any atom is -0.505 e. The third-order valence-electron chi connectivity index (χ3n) is 3.16. The van der Waals surface area contributed by atoms with Gasteiger partial charge in [-0.2, -0.15) is 0 Å². The summed E-state index contributed by atoms with van der Waals surface area (Å²) in [5, 5.41) is 13.0. The average Bonchev–Trinajstić information content (AvgIpc) is 2.52. The maximum atomic E-state index is 12.1. The summed E-state index contributed by atoms with van der Waals surface area (Å²) in [5.41, 5.74) is -1.28. The van der Waals surface area contributed by atoms with Gasteiger partial charge in [0.1, 0.15) is 5.69 Å². The first kappa shape index (κ1) is 17.0. The van der Waals surface area contributed by atoms with Crippen LogP contribution in [0.4, 0.5) is 11.4 Å². The van der Waals surface area contributed by atoms with Crippen LogP contribution < -0.4 is 20.9 Å². The van der Waals surface area contributed by atoms with Gasteiger partial charge in [0.2, 0.25) is 0 Å². The molecule has 0 aliphatic rings. The fourth-order valence-electron chi connectivity index (χ4n) is 2.00. The molecule has 0 atom stereocenters. The number of nitrogens with zero attached hydrogens (tertiary/aromatic N) is 1. The molecule has 2 rings (SSSR count). The third kappa shape index (κ3) is 2.94. The lowest BCUT2D eigenvalue weighted by Crippen LogP contribution is -2.35. The van der Waals surface area contributed by atoms with E-state index in [9.17, 15) is 19.5 Å². The number of halogens is 1. The Bertz CT molecular complexity index is 837. The number of rotatable bonds is 5. The predicted molar refractivity (Wildman–Crippen MR) is 89.6 cm³/mol. The minimum atomic E-state index is -0.726. The highest BCUT2D eigenvalue weighted by Crippen LogP contribution is 2.36. The second kappa shape index (κ2) is 6.41. The molecule has 7 nitrogen and oxygen atoms in total. The van der Waals surface area contributed by atoms with Gasteiger partial charge >= 0.3 is 0 Å². The quantitative estimate of drug-likeness (QED) is 0.602. The Morgan fingerprint density at radius 2 is 1.96 bits per heavy atom. The number of carbonyl (C=O) groups is 1. The fourth-order valence-corrected chi connectivity index (χ4v) is 2.49. The summed E-state index contributed by atoms with van der Waals surface area (Å²) in [7, 11) is 3.11. The van der Waals surface area contributed by atoms with Gasteiger partial charge in [0.05, 0.1) is 17.9 Å². The Morgan fingerprint density at radius 3 is 2.52 bits per heavy atom. The number of hydrogen-bond donors (Lipinski definition) is 2. The Morgan fingerprint density at radius 1 is 1.30 bits per heavy atom. The molecular weight excluding hydrogens is 368 g/mol. The number of phenolic OH excluding ortho intramolecular Hbond substituents is 1. The zero-order valence-corrected chi connectivity index (χ0v) is 14.4. The molecule has 8 heteroatoms. The third-order valence-corrected chi connectivity index (χ3v) is 3.82. The van der Waals surface area contributed by atoms with Gasteiger partial charge in [0.25, 0.3) is 16.8 Å². The number of benzene rings is 1. The molecule has 0 heterocycles. The van der Waals surface area contributed by atoms with Crippen molar-refractivity contribution in [2.75, 3.05) is 26.0 Å². The number of aromatic hydroxyl groups is 1. The molecule has 0 fully saturated rings. The van der Waals surface area contributed by atoms with Crippen LogP contribution in [-0.4, -0.2) is 36.6 Å². The maximum absolute atomic E-state index is 12.1. The summed E-state index contributed by atoms with van der Waals surface area (Å²) in [6.07, 6.45) is 0. The van der Waals surface area contributed by atoms with Crippen LogP contribution in [-0.2, 0) is 0 Å². The summed E-state index contributed by atoms with van der Waals surface area (Å²) in [6, 6.07) is 3.04. The predicted octanol–water partition coefficient (Wildman–Crippen LogP) is 1.59. The van der Waals surface area contributed by atoms with Crippen LogP contribution in [0.25, 0.3) is 0 Å². The van der Waals surface area contributed by atoms with E-state index in [0.717, 1.165) is 0 Å². The molecule has 2 aromatic carbocycles. The molecule has 0 radical (unpaired) electrons. The van der Waals surface area contributed by atoms with Crippen molar-refractivity contribution in [1.82, 2.24) is 4.90 Å². The molecule has 122 valence electrons. The number of amides is 1. The van der Waals surface area contributed by atoms with Crippen molar-refractivity contribution in [3.05, 3.63) is 42.6 Å². The van der Waals surface area contributed by atoms with Gasteiger partial charge in [-0.15, -0.1) is 0 Å². The van der Waals surface area contributed by atoms with Gasteiger partial charge in [-0.25, -0.2) is 0 Å². The molecule has 0 saturated carbocycles. The standard InChI is InChI=1S/C15H15BrN2O5/c1-4-23-14-10(12(20)13(14)21)17-8-6-5-7(16)9(11(8)19)15(22)18(2)3/h5-6,17,19H,4H2,1-3H3. The van der Waals surface area contributed by atoms with Crippen LogP contribution in [0.5, 0.6) is 11.5 Å². The zero-order valence-electron chi connectivity index (χ0n) is 12.8. The van der Waals surface area contributed by atoms with E-state index in [1.165, 1.54) is 11.0 Å². The number of carbonyl (C=O) groups excluding carboxylic acids is 1. The molecule has 0 bridgehead atoms. The van der Waals surface area contributed by atoms with Crippen LogP contribution in [0.1, 0.15) is 17.3 Å². The van der Waals surface area contributed by atoms with Crippen molar-refractivity contribution in [1.29, 1.82) is 0 Å². The first-order valence-electron chi connectivity index (χ1n) is 6.75. The average molecular weight is 383 g/mol. The normalized spacial score (nSPS) is 10.6. The van der Waals surface area contributed by atoms with Crippen LogP contribution in [0.3, 0.4) is 0 Å². The lowest BCUT2D eigenvalue weighted by Gasteiger charge is -2.17. The zero-order chi connectivity index (χ0) is 17.3. The van der Waals surface area contributed by atoms with E-state index in [-0.39, 0.29) is 35.0 Å². The maximum Gasteiger partial charge on any atom is 0.272 e. The second-order valence-electron chi connectivity index (χ2n) is 4.94. The van der Waals surface area contributed by atoms with Crippen molar-refractivity contribution in [3.63, 3.8) is 0 Å². The largest absolute Gasteiger partial charge is 0.505 e. The first-order valence-corrected chi connectivity index (χ1v) is 7.55. The van der Waals surface area contributed by atoms with E-state index in [1.807, 2.05) is 0 Å². The molecule has 0 aromatic heterocycles. The monoisotopic (exact) mass is 382 g/mol. The van der Waals surface area contributed by atoms with E-state index < -0.39 is 16.8 Å². The van der Waals surface area contributed by atoms with Crippen LogP contribution in [0, 0.1) is 0 Å². The number of phenols is 1. The molecule has 0 spiro atoms. The lowest BCUT2D eigenvalue weighted by atomic mass is 10.1. The molecule has 2 N–H and O–H groups in total. The molecule has 23 heavy (non-hydrogen) atoms. The highest BCUT2D eigenvalue weighted by Gasteiger charge is 2.25. The summed E-state index contributed by atoms with van der Waals surface area (Å²) < 4.78 is 5.52. The lowest BCUT2D eigenvalue weighted by molar-refractivity contribution is 0.0824. The number of anilines is 2. The number of hydrogen-bond acceptors (Lipinski definition) is 6. The minimum absolute atomic E-state index is 0.0299. The molecule has 1 amide bonds.